The minimum atomic E-state index is -0.552. The summed E-state index contributed by atoms with van der Waals surface area (Å²) in [6.07, 6.45) is 3.01. The standard InChI is InChI=1S/C19H14O4S/c1-22-19(21)16-11-13-5-2-3-6-14(13)12-17(16)23-18(20)9-8-15-7-4-10-24-15/h2-12H,1H3/b9-8+. The SMILES string of the molecule is COC(=O)c1cc2ccccc2cc1OC(=O)/C=C/c1cccs1. The lowest BCUT2D eigenvalue weighted by molar-refractivity contribution is -0.128. The van der Waals surface area contributed by atoms with Crippen LogP contribution < -0.4 is 4.74 Å². The van der Waals surface area contributed by atoms with Gasteiger partial charge in [-0.15, -0.1) is 11.3 Å². The molecule has 0 fully saturated rings. The van der Waals surface area contributed by atoms with Crippen molar-refractivity contribution in [3.63, 3.8) is 0 Å². The Morgan fingerprint density at radius 2 is 1.79 bits per heavy atom. The average molecular weight is 338 g/mol. The molecule has 0 aliphatic heterocycles. The highest BCUT2D eigenvalue weighted by molar-refractivity contribution is 7.10. The van der Waals surface area contributed by atoms with Crippen LogP contribution in [0.15, 0.2) is 60.0 Å². The second-order valence-corrected chi connectivity index (χ2v) is 5.94. The molecule has 120 valence electrons. The summed E-state index contributed by atoms with van der Waals surface area (Å²) in [6.45, 7) is 0. The molecular weight excluding hydrogens is 324 g/mol. The van der Waals surface area contributed by atoms with E-state index >= 15 is 0 Å². The monoisotopic (exact) mass is 338 g/mol. The minimum absolute atomic E-state index is 0.182. The molecule has 0 amide bonds. The number of benzene rings is 2. The lowest BCUT2D eigenvalue weighted by atomic mass is 10.1. The average Bonchev–Trinajstić information content (AvgIpc) is 3.12. The second-order valence-electron chi connectivity index (χ2n) is 4.96. The van der Waals surface area contributed by atoms with E-state index in [0.717, 1.165) is 15.6 Å². The molecule has 0 aliphatic rings. The first-order valence-corrected chi connectivity index (χ1v) is 8.10. The maximum absolute atomic E-state index is 12.1. The van der Waals surface area contributed by atoms with Crippen molar-refractivity contribution >= 4 is 40.1 Å². The molecular formula is C19H14O4S. The summed E-state index contributed by atoms with van der Waals surface area (Å²) in [7, 11) is 1.29. The number of methoxy groups -OCH3 is 1. The summed E-state index contributed by atoms with van der Waals surface area (Å²) in [4.78, 5) is 25.0. The normalized spacial score (nSPS) is 10.9. The van der Waals surface area contributed by atoms with Gasteiger partial charge in [0.1, 0.15) is 11.3 Å². The van der Waals surface area contributed by atoms with E-state index in [4.69, 9.17) is 9.47 Å². The molecule has 0 saturated carbocycles. The van der Waals surface area contributed by atoms with E-state index in [1.54, 1.807) is 18.2 Å². The Morgan fingerprint density at radius 1 is 1.04 bits per heavy atom. The quantitative estimate of drug-likeness (QED) is 0.404. The molecule has 0 radical (unpaired) electrons. The number of carbonyl (C=O) groups is 2. The highest BCUT2D eigenvalue weighted by Gasteiger charge is 2.16. The lowest BCUT2D eigenvalue weighted by Crippen LogP contribution is -2.10. The molecule has 0 spiro atoms. The Balaban J connectivity index is 1.91. The van der Waals surface area contributed by atoms with Crippen LogP contribution in [-0.2, 0) is 9.53 Å². The van der Waals surface area contributed by atoms with Crippen molar-refractivity contribution in [1.29, 1.82) is 0 Å². The van der Waals surface area contributed by atoms with Crippen molar-refractivity contribution in [2.24, 2.45) is 0 Å². The van der Waals surface area contributed by atoms with Gasteiger partial charge in [0.2, 0.25) is 0 Å². The largest absolute Gasteiger partial charge is 0.465 e. The van der Waals surface area contributed by atoms with Gasteiger partial charge in [0.15, 0.2) is 0 Å². The van der Waals surface area contributed by atoms with Crippen LogP contribution in [0.5, 0.6) is 5.75 Å². The predicted octanol–water partition coefficient (Wildman–Crippen LogP) is 4.31. The molecule has 0 N–H and O–H groups in total. The van der Waals surface area contributed by atoms with Crippen LogP contribution in [0.2, 0.25) is 0 Å². The van der Waals surface area contributed by atoms with E-state index in [1.807, 2.05) is 41.8 Å². The van der Waals surface area contributed by atoms with Gasteiger partial charge in [0.25, 0.3) is 0 Å². The molecule has 0 unspecified atom stereocenters. The van der Waals surface area contributed by atoms with E-state index < -0.39 is 11.9 Å². The number of carbonyl (C=O) groups excluding carboxylic acids is 2. The molecule has 0 bridgehead atoms. The number of rotatable bonds is 4. The van der Waals surface area contributed by atoms with Crippen molar-refractivity contribution in [3.05, 3.63) is 70.4 Å². The van der Waals surface area contributed by atoms with Gasteiger partial charge in [-0.1, -0.05) is 30.3 Å². The summed E-state index contributed by atoms with van der Waals surface area (Å²) >= 11 is 1.52. The summed E-state index contributed by atoms with van der Waals surface area (Å²) < 4.78 is 10.1. The van der Waals surface area contributed by atoms with Crippen LogP contribution in [0.3, 0.4) is 0 Å². The summed E-state index contributed by atoms with van der Waals surface area (Å²) in [5.74, 6) is -0.920. The first-order chi connectivity index (χ1) is 11.7. The van der Waals surface area contributed by atoms with Gasteiger partial charge in [-0.05, 0) is 40.4 Å². The Hall–Kier alpha value is -2.92. The molecule has 3 aromatic rings. The highest BCUT2D eigenvalue weighted by atomic mass is 32.1. The first kappa shape index (κ1) is 16.0. The fourth-order valence-electron chi connectivity index (χ4n) is 2.25. The topological polar surface area (TPSA) is 52.6 Å². The van der Waals surface area contributed by atoms with Gasteiger partial charge >= 0.3 is 11.9 Å². The Morgan fingerprint density at radius 3 is 2.46 bits per heavy atom. The van der Waals surface area contributed by atoms with Gasteiger partial charge in [0, 0.05) is 11.0 Å². The fourth-order valence-corrected chi connectivity index (χ4v) is 2.87. The number of fused-ring (bicyclic) bond motifs is 1. The maximum atomic E-state index is 12.1. The number of hydrogen-bond donors (Lipinski definition) is 0. The number of hydrogen-bond acceptors (Lipinski definition) is 5. The maximum Gasteiger partial charge on any atom is 0.341 e. The van der Waals surface area contributed by atoms with Crippen molar-refractivity contribution in [3.8, 4) is 5.75 Å². The van der Waals surface area contributed by atoms with E-state index in [-0.39, 0.29) is 11.3 Å². The van der Waals surface area contributed by atoms with E-state index in [1.165, 1.54) is 24.5 Å². The molecule has 2 aromatic carbocycles. The van der Waals surface area contributed by atoms with Crippen LogP contribution in [0.4, 0.5) is 0 Å². The van der Waals surface area contributed by atoms with Crippen LogP contribution >= 0.6 is 11.3 Å². The molecule has 24 heavy (non-hydrogen) atoms. The zero-order chi connectivity index (χ0) is 16.9. The Bertz CT molecular complexity index is 910. The van der Waals surface area contributed by atoms with Crippen LogP contribution in [0.1, 0.15) is 15.2 Å². The molecule has 4 nitrogen and oxygen atoms in total. The van der Waals surface area contributed by atoms with Gasteiger partial charge in [0.05, 0.1) is 7.11 Å². The summed E-state index contributed by atoms with van der Waals surface area (Å²) in [5, 5.41) is 3.66. The van der Waals surface area contributed by atoms with Crippen molar-refractivity contribution in [1.82, 2.24) is 0 Å². The van der Waals surface area contributed by atoms with Crippen LogP contribution in [0, 0.1) is 0 Å². The molecule has 0 aliphatic carbocycles. The third kappa shape index (κ3) is 3.52. The third-order valence-electron chi connectivity index (χ3n) is 3.39. The molecule has 3 rings (SSSR count). The first-order valence-electron chi connectivity index (χ1n) is 7.22. The van der Waals surface area contributed by atoms with Crippen LogP contribution in [-0.4, -0.2) is 19.0 Å². The van der Waals surface area contributed by atoms with Crippen molar-refractivity contribution in [2.45, 2.75) is 0 Å². The Labute approximate surface area is 142 Å². The van der Waals surface area contributed by atoms with Gasteiger partial charge < -0.3 is 9.47 Å². The molecule has 0 saturated heterocycles. The zero-order valence-corrected chi connectivity index (χ0v) is 13.7. The van der Waals surface area contributed by atoms with E-state index in [0.29, 0.717) is 0 Å². The molecule has 1 aromatic heterocycles. The second kappa shape index (κ2) is 7.10. The van der Waals surface area contributed by atoms with Gasteiger partial charge in [-0.2, -0.15) is 0 Å². The smallest absolute Gasteiger partial charge is 0.341 e. The molecule has 0 atom stereocenters. The zero-order valence-electron chi connectivity index (χ0n) is 12.9. The minimum Gasteiger partial charge on any atom is -0.465 e. The fraction of sp³-hybridized carbons (Fsp3) is 0.0526. The summed E-state index contributed by atoms with van der Waals surface area (Å²) in [5.41, 5.74) is 0.217. The molecule has 1 heterocycles. The van der Waals surface area contributed by atoms with Crippen molar-refractivity contribution < 1.29 is 19.1 Å². The van der Waals surface area contributed by atoms with Gasteiger partial charge in [-0.3, -0.25) is 0 Å². The third-order valence-corrected chi connectivity index (χ3v) is 4.23. The summed E-state index contributed by atoms with van der Waals surface area (Å²) in [6, 6.07) is 14.6. The van der Waals surface area contributed by atoms with Crippen LogP contribution in [0.25, 0.3) is 16.8 Å². The molecule has 5 heteroatoms. The number of thiophene rings is 1. The Kier molecular flexibility index (Phi) is 4.72. The number of esters is 2. The highest BCUT2D eigenvalue weighted by Crippen LogP contribution is 2.27. The van der Waals surface area contributed by atoms with Crippen molar-refractivity contribution in [2.75, 3.05) is 7.11 Å². The lowest BCUT2D eigenvalue weighted by Gasteiger charge is -2.09. The predicted molar refractivity (Wildman–Crippen MR) is 94.3 cm³/mol. The van der Waals surface area contributed by atoms with E-state index in [9.17, 15) is 9.59 Å². The number of ether oxygens (including phenoxy) is 2. The van der Waals surface area contributed by atoms with Gasteiger partial charge in [-0.25, -0.2) is 9.59 Å². The van der Waals surface area contributed by atoms with E-state index in [2.05, 4.69) is 0 Å².